The van der Waals surface area contributed by atoms with Gasteiger partial charge in [-0.05, 0) is 33.7 Å². The molecule has 0 N–H and O–H groups in total. The van der Waals surface area contributed by atoms with Gasteiger partial charge in [0.25, 0.3) is 0 Å². The Hall–Kier alpha value is -2.65. The molecule has 0 saturated heterocycles. The van der Waals surface area contributed by atoms with Crippen molar-refractivity contribution >= 4 is 59.2 Å². The van der Waals surface area contributed by atoms with Crippen molar-refractivity contribution in [2.45, 2.75) is 0 Å². The molecule has 0 bridgehead atoms. The molecule has 4 aromatic carbocycles. The van der Waals surface area contributed by atoms with Gasteiger partial charge in [0.15, 0.2) is 0 Å². The summed E-state index contributed by atoms with van der Waals surface area (Å²) in [6, 6.07) is 22.0. The van der Waals surface area contributed by atoms with Crippen LogP contribution in [0.15, 0.2) is 80.4 Å². The van der Waals surface area contributed by atoms with E-state index in [1.165, 1.54) is 0 Å². The van der Waals surface area contributed by atoms with Gasteiger partial charge < -0.3 is 4.42 Å². The second-order valence-electron chi connectivity index (χ2n) is 5.88. The topological polar surface area (TPSA) is 30.2 Å². The van der Waals surface area contributed by atoms with Crippen molar-refractivity contribution in [1.82, 2.24) is 0 Å². The van der Waals surface area contributed by atoms with Gasteiger partial charge in [-0.1, -0.05) is 70.5 Å². The Morgan fingerprint density at radius 1 is 0.708 bits per heavy atom. The predicted octanol–water partition coefficient (Wildman–Crippen LogP) is 6.02. The number of rotatable bonds is 0. The van der Waals surface area contributed by atoms with Crippen LogP contribution in [0, 0.1) is 0 Å². The lowest BCUT2D eigenvalue weighted by molar-refractivity contribution is 0.570. The summed E-state index contributed by atoms with van der Waals surface area (Å²) in [4.78, 5) is 12.5. The molecule has 3 heteroatoms. The standard InChI is InChI=1S/C21H11BrO2/c22-17-11-18-20(15-8-4-3-7-14(15)17)19-13-6-2-1-5-12(13)9-10-16(19)21(23)24-18/h1-11H. The number of benzene rings is 4. The zero-order valence-corrected chi connectivity index (χ0v) is 14.1. The summed E-state index contributed by atoms with van der Waals surface area (Å²) in [7, 11) is 0. The van der Waals surface area contributed by atoms with Crippen LogP contribution in [0.4, 0.5) is 0 Å². The first-order chi connectivity index (χ1) is 11.7. The molecule has 0 fully saturated rings. The van der Waals surface area contributed by atoms with Crippen LogP contribution in [-0.2, 0) is 0 Å². The predicted molar refractivity (Wildman–Crippen MR) is 103 cm³/mol. The normalized spacial score (nSPS) is 11.7. The maximum atomic E-state index is 12.5. The van der Waals surface area contributed by atoms with E-state index < -0.39 is 0 Å². The highest BCUT2D eigenvalue weighted by Crippen LogP contribution is 2.37. The first kappa shape index (κ1) is 13.8. The summed E-state index contributed by atoms with van der Waals surface area (Å²) in [5, 5.41) is 6.93. The van der Waals surface area contributed by atoms with Gasteiger partial charge in [0.1, 0.15) is 5.58 Å². The zero-order chi connectivity index (χ0) is 16.3. The van der Waals surface area contributed by atoms with Crippen LogP contribution in [0.2, 0.25) is 0 Å². The smallest absolute Gasteiger partial charge is 0.344 e. The fourth-order valence-electron chi connectivity index (χ4n) is 3.51. The maximum absolute atomic E-state index is 12.5. The summed E-state index contributed by atoms with van der Waals surface area (Å²) >= 11 is 3.59. The molecule has 0 atom stereocenters. The number of halogens is 1. The van der Waals surface area contributed by atoms with Crippen molar-refractivity contribution in [3.05, 3.63) is 81.6 Å². The van der Waals surface area contributed by atoms with Crippen molar-refractivity contribution < 1.29 is 4.42 Å². The second-order valence-corrected chi connectivity index (χ2v) is 6.73. The highest BCUT2D eigenvalue weighted by Gasteiger charge is 2.14. The molecular weight excluding hydrogens is 364 g/mol. The Labute approximate surface area is 145 Å². The molecule has 1 heterocycles. The average molecular weight is 375 g/mol. The first-order valence-corrected chi connectivity index (χ1v) is 8.49. The van der Waals surface area contributed by atoms with Gasteiger partial charge in [-0.15, -0.1) is 0 Å². The summed E-state index contributed by atoms with van der Waals surface area (Å²) < 4.78 is 6.55. The van der Waals surface area contributed by atoms with Crippen molar-refractivity contribution in [1.29, 1.82) is 0 Å². The zero-order valence-electron chi connectivity index (χ0n) is 12.5. The van der Waals surface area contributed by atoms with Crippen LogP contribution < -0.4 is 5.63 Å². The van der Waals surface area contributed by atoms with Crippen LogP contribution in [0.25, 0.3) is 43.3 Å². The van der Waals surface area contributed by atoms with Crippen LogP contribution in [0.3, 0.4) is 0 Å². The van der Waals surface area contributed by atoms with Crippen LogP contribution in [-0.4, -0.2) is 0 Å². The summed E-state index contributed by atoms with van der Waals surface area (Å²) in [6.45, 7) is 0. The minimum absolute atomic E-state index is 0.301. The number of hydrogen-bond acceptors (Lipinski definition) is 2. The van der Waals surface area contributed by atoms with Gasteiger partial charge >= 0.3 is 5.63 Å². The lowest BCUT2D eigenvalue weighted by Gasteiger charge is -2.10. The van der Waals surface area contributed by atoms with E-state index in [1.807, 2.05) is 42.5 Å². The van der Waals surface area contributed by atoms with E-state index in [0.29, 0.717) is 11.0 Å². The molecule has 0 unspecified atom stereocenters. The fraction of sp³-hybridized carbons (Fsp3) is 0. The highest BCUT2D eigenvalue weighted by molar-refractivity contribution is 9.10. The van der Waals surface area contributed by atoms with E-state index in [0.717, 1.165) is 36.8 Å². The molecule has 2 nitrogen and oxygen atoms in total. The van der Waals surface area contributed by atoms with Crippen molar-refractivity contribution in [2.75, 3.05) is 0 Å². The Balaban J connectivity index is 2.24. The molecule has 5 aromatic rings. The lowest BCUT2D eigenvalue weighted by atomic mass is 9.96. The van der Waals surface area contributed by atoms with Crippen molar-refractivity contribution in [3.8, 4) is 0 Å². The lowest BCUT2D eigenvalue weighted by Crippen LogP contribution is -2.00. The minimum atomic E-state index is -0.301. The van der Waals surface area contributed by atoms with E-state index in [-0.39, 0.29) is 5.63 Å². The Bertz CT molecular complexity index is 1330. The summed E-state index contributed by atoms with van der Waals surface area (Å²) in [5.41, 5.74) is 0.305. The third-order valence-corrected chi connectivity index (χ3v) is 5.22. The Morgan fingerprint density at radius 2 is 1.42 bits per heavy atom. The van der Waals surface area contributed by atoms with E-state index in [4.69, 9.17) is 4.42 Å². The Morgan fingerprint density at radius 3 is 2.25 bits per heavy atom. The molecule has 1 aromatic heterocycles. The fourth-order valence-corrected chi connectivity index (χ4v) is 4.06. The summed E-state index contributed by atoms with van der Waals surface area (Å²) in [5.74, 6) is 0. The number of fused-ring (bicyclic) bond motifs is 7. The quantitative estimate of drug-likeness (QED) is 0.245. The average Bonchev–Trinajstić information content (AvgIpc) is 2.61. The third kappa shape index (κ3) is 1.79. The molecular formula is C21H11BrO2. The SMILES string of the molecule is O=c1oc2cc(Br)c3ccccc3c2c2c1ccc1ccccc12. The molecule has 114 valence electrons. The molecule has 0 amide bonds. The van der Waals surface area contributed by atoms with Gasteiger partial charge in [-0.3, -0.25) is 0 Å². The van der Waals surface area contributed by atoms with E-state index >= 15 is 0 Å². The van der Waals surface area contributed by atoms with Crippen molar-refractivity contribution in [2.24, 2.45) is 0 Å². The number of hydrogen-bond donors (Lipinski definition) is 0. The van der Waals surface area contributed by atoms with E-state index in [2.05, 4.69) is 40.2 Å². The van der Waals surface area contributed by atoms with Gasteiger partial charge in [0.05, 0.1) is 5.39 Å². The third-order valence-electron chi connectivity index (χ3n) is 4.56. The Kier molecular flexibility index (Phi) is 2.82. The van der Waals surface area contributed by atoms with E-state index in [9.17, 15) is 4.79 Å². The molecule has 0 saturated carbocycles. The van der Waals surface area contributed by atoms with Gasteiger partial charge in [-0.25, -0.2) is 4.79 Å². The minimum Gasteiger partial charge on any atom is -0.422 e. The highest BCUT2D eigenvalue weighted by atomic mass is 79.9. The monoisotopic (exact) mass is 374 g/mol. The van der Waals surface area contributed by atoms with Gasteiger partial charge in [0.2, 0.25) is 0 Å². The maximum Gasteiger partial charge on any atom is 0.344 e. The van der Waals surface area contributed by atoms with Crippen molar-refractivity contribution in [3.63, 3.8) is 0 Å². The molecule has 0 aliphatic heterocycles. The van der Waals surface area contributed by atoms with E-state index in [1.54, 1.807) is 0 Å². The molecule has 0 radical (unpaired) electrons. The molecule has 5 rings (SSSR count). The molecule has 24 heavy (non-hydrogen) atoms. The van der Waals surface area contributed by atoms with Crippen LogP contribution >= 0.6 is 15.9 Å². The van der Waals surface area contributed by atoms with Crippen LogP contribution in [0.5, 0.6) is 0 Å². The second kappa shape index (κ2) is 4.92. The van der Waals surface area contributed by atoms with Gasteiger partial charge in [-0.2, -0.15) is 0 Å². The first-order valence-electron chi connectivity index (χ1n) is 7.69. The largest absolute Gasteiger partial charge is 0.422 e. The molecule has 0 aliphatic carbocycles. The van der Waals surface area contributed by atoms with Crippen LogP contribution in [0.1, 0.15) is 0 Å². The molecule has 0 aliphatic rings. The van der Waals surface area contributed by atoms with Gasteiger partial charge in [0, 0.05) is 15.2 Å². The molecule has 0 spiro atoms. The summed E-state index contributed by atoms with van der Waals surface area (Å²) in [6.07, 6.45) is 0.